The van der Waals surface area contributed by atoms with Crippen LogP contribution in [0, 0.1) is 11.8 Å². The fraction of sp³-hybridized carbons (Fsp3) is 0.909. The molecule has 0 bridgehead atoms. The van der Waals surface area contributed by atoms with Crippen LogP contribution in [0.25, 0.3) is 0 Å². The van der Waals surface area contributed by atoms with E-state index in [1.807, 2.05) is 13.8 Å². The van der Waals surface area contributed by atoms with E-state index < -0.39 is 5.97 Å². The molecular formula is C11H24O4. The maximum Gasteiger partial charge on any atom is 0.300 e. The van der Waals surface area contributed by atoms with Crippen molar-refractivity contribution in [1.82, 2.24) is 0 Å². The summed E-state index contributed by atoms with van der Waals surface area (Å²) in [4.78, 5) is 9.00. The van der Waals surface area contributed by atoms with Gasteiger partial charge in [0.15, 0.2) is 6.29 Å². The standard InChI is InChI=1S/C7H12O2.C2H4O2.C2H6.H2/c1-5-4-9-7-6(5)2-3-8-7;1-2(3)4;1-2;/h5-7H,2-4H2,1H3;1H3,(H,3,4);1-2H3;1H/t5-,6?,7-;;;/m1.../s1. The minimum atomic E-state index is -0.833. The largest absolute Gasteiger partial charge is 0.481 e. The van der Waals surface area contributed by atoms with Crippen LogP contribution in [-0.2, 0) is 14.3 Å². The van der Waals surface area contributed by atoms with Crippen molar-refractivity contribution in [3.05, 3.63) is 0 Å². The summed E-state index contributed by atoms with van der Waals surface area (Å²) in [7, 11) is 0. The zero-order chi connectivity index (χ0) is 11.8. The summed E-state index contributed by atoms with van der Waals surface area (Å²) in [5.41, 5.74) is 0. The van der Waals surface area contributed by atoms with Crippen molar-refractivity contribution in [1.29, 1.82) is 0 Å². The first kappa shape index (κ1) is 14.4. The molecule has 1 N–H and O–H groups in total. The van der Waals surface area contributed by atoms with E-state index >= 15 is 0 Å². The molecule has 2 rings (SSSR count). The molecule has 0 aromatic rings. The number of carbonyl (C=O) groups is 1. The lowest BCUT2D eigenvalue weighted by atomic mass is 9.96. The van der Waals surface area contributed by atoms with Crippen LogP contribution in [0.4, 0.5) is 0 Å². The predicted octanol–water partition coefficient (Wildman–Crippen LogP) is 2.38. The Morgan fingerprint density at radius 2 is 1.93 bits per heavy atom. The highest BCUT2D eigenvalue weighted by atomic mass is 16.7. The quantitative estimate of drug-likeness (QED) is 0.681. The van der Waals surface area contributed by atoms with Crippen molar-refractivity contribution in [2.24, 2.45) is 11.8 Å². The Hall–Kier alpha value is -0.610. The molecule has 1 unspecified atom stereocenters. The van der Waals surface area contributed by atoms with Crippen LogP contribution < -0.4 is 0 Å². The lowest BCUT2D eigenvalue weighted by molar-refractivity contribution is -0.134. The molecule has 0 spiro atoms. The molecule has 15 heavy (non-hydrogen) atoms. The maximum absolute atomic E-state index is 9.00. The molecule has 0 saturated carbocycles. The van der Waals surface area contributed by atoms with Crippen molar-refractivity contribution in [3.63, 3.8) is 0 Å². The molecule has 2 fully saturated rings. The molecule has 0 amide bonds. The third-order valence-corrected chi connectivity index (χ3v) is 2.34. The first-order chi connectivity index (χ1) is 7.11. The van der Waals surface area contributed by atoms with Gasteiger partial charge in [0, 0.05) is 14.3 Å². The van der Waals surface area contributed by atoms with Crippen LogP contribution in [0.1, 0.15) is 35.5 Å². The molecule has 0 aromatic carbocycles. The number of hydrogen-bond donors (Lipinski definition) is 1. The van der Waals surface area contributed by atoms with Crippen LogP contribution in [0.5, 0.6) is 0 Å². The number of hydrogen-bond acceptors (Lipinski definition) is 3. The Labute approximate surface area is 93.1 Å². The van der Waals surface area contributed by atoms with Crippen LogP contribution in [0.3, 0.4) is 0 Å². The van der Waals surface area contributed by atoms with E-state index in [0.29, 0.717) is 5.92 Å². The van der Waals surface area contributed by atoms with Crippen molar-refractivity contribution in [2.75, 3.05) is 13.2 Å². The molecule has 2 heterocycles. The second-order valence-electron chi connectivity index (χ2n) is 3.52. The van der Waals surface area contributed by atoms with Crippen LogP contribution in [0.15, 0.2) is 0 Å². The molecule has 2 aliphatic rings. The van der Waals surface area contributed by atoms with Crippen LogP contribution in [-0.4, -0.2) is 30.6 Å². The highest BCUT2D eigenvalue weighted by Crippen LogP contribution is 2.34. The van der Waals surface area contributed by atoms with Gasteiger partial charge in [-0.2, -0.15) is 0 Å². The third-order valence-electron chi connectivity index (χ3n) is 2.34. The number of aliphatic carboxylic acids is 1. The molecular weight excluding hydrogens is 196 g/mol. The number of carboxylic acids is 1. The topological polar surface area (TPSA) is 55.8 Å². The summed E-state index contributed by atoms with van der Waals surface area (Å²) in [5, 5.41) is 7.42. The van der Waals surface area contributed by atoms with Gasteiger partial charge < -0.3 is 14.6 Å². The monoisotopic (exact) mass is 220 g/mol. The fourth-order valence-corrected chi connectivity index (χ4v) is 1.67. The molecule has 0 radical (unpaired) electrons. The Balaban J connectivity index is 0. The highest BCUT2D eigenvalue weighted by Gasteiger charge is 2.38. The van der Waals surface area contributed by atoms with E-state index in [2.05, 4.69) is 6.92 Å². The van der Waals surface area contributed by atoms with Gasteiger partial charge in [-0.3, -0.25) is 4.79 Å². The van der Waals surface area contributed by atoms with Gasteiger partial charge in [0.05, 0.1) is 13.2 Å². The second-order valence-corrected chi connectivity index (χ2v) is 3.52. The Bertz CT molecular complexity index is 183. The number of rotatable bonds is 0. The van der Waals surface area contributed by atoms with E-state index in [9.17, 15) is 0 Å². The van der Waals surface area contributed by atoms with Gasteiger partial charge in [0.2, 0.25) is 0 Å². The summed E-state index contributed by atoms with van der Waals surface area (Å²) in [6.45, 7) is 9.12. The minimum Gasteiger partial charge on any atom is -0.481 e. The zero-order valence-electron chi connectivity index (χ0n) is 10.0. The van der Waals surface area contributed by atoms with Crippen LogP contribution >= 0.6 is 0 Å². The number of ether oxygens (including phenoxy) is 2. The summed E-state index contributed by atoms with van der Waals surface area (Å²) in [6.07, 6.45) is 1.35. The SMILES string of the molecule is CC.CC(=O)O.C[C@@H]1CO[C@H]2OCCC21.[HH]. The van der Waals surface area contributed by atoms with Gasteiger partial charge in [-0.05, 0) is 12.3 Å². The van der Waals surface area contributed by atoms with E-state index in [4.69, 9.17) is 19.4 Å². The van der Waals surface area contributed by atoms with E-state index in [0.717, 1.165) is 26.1 Å². The van der Waals surface area contributed by atoms with E-state index in [1.165, 1.54) is 6.42 Å². The average Bonchev–Trinajstić information content (AvgIpc) is 2.74. The number of fused-ring (bicyclic) bond motifs is 1. The van der Waals surface area contributed by atoms with Gasteiger partial charge in [-0.1, -0.05) is 20.8 Å². The Morgan fingerprint density at radius 1 is 1.40 bits per heavy atom. The number of carboxylic acid groups (broad SMARTS) is 1. The first-order valence-electron chi connectivity index (χ1n) is 5.54. The molecule has 0 aliphatic carbocycles. The minimum absolute atomic E-state index is 0. The lowest BCUT2D eigenvalue weighted by Crippen LogP contribution is -2.12. The summed E-state index contributed by atoms with van der Waals surface area (Å²) >= 11 is 0. The molecule has 2 aliphatic heterocycles. The molecule has 92 valence electrons. The van der Waals surface area contributed by atoms with Crippen molar-refractivity contribution in [3.8, 4) is 0 Å². The Morgan fingerprint density at radius 3 is 2.40 bits per heavy atom. The second kappa shape index (κ2) is 7.65. The van der Waals surface area contributed by atoms with Gasteiger partial charge in [-0.15, -0.1) is 0 Å². The maximum atomic E-state index is 9.00. The van der Waals surface area contributed by atoms with Gasteiger partial charge in [0.25, 0.3) is 5.97 Å². The first-order valence-corrected chi connectivity index (χ1v) is 5.54. The van der Waals surface area contributed by atoms with Crippen molar-refractivity contribution >= 4 is 5.97 Å². The highest BCUT2D eigenvalue weighted by molar-refractivity contribution is 5.62. The third kappa shape index (κ3) is 5.14. The summed E-state index contributed by atoms with van der Waals surface area (Å²) < 4.78 is 10.7. The van der Waals surface area contributed by atoms with Gasteiger partial charge >= 0.3 is 0 Å². The predicted molar refractivity (Wildman–Crippen MR) is 59.7 cm³/mol. The van der Waals surface area contributed by atoms with Crippen LogP contribution in [0.2, 0.25) is 0 Å². The van der Waals surface area contributed by atoms with Gasteiger partial charge in [0.1, 0.15) is 0 Å². The normalized spacial score (nSPS) is 31.9. The molecule has 3 atom stereocenters. The van der Waals surface area contributed by atoms with E-state index in [1.54, 1.807) is 0 Å². The smallest absolute Gasteiger partial charge is 0.300 e. The van der Waals surface area contributed by atoms with Crippen molar-refractivity contribution < 1.29 is 20.8 Å². The summed E-state index contributed by atoms with van der Waals surface area (Å²) in [6, 6.07) is 0. The molecule has 4 nitrogen and oxygen atoms in total. The molecule has 2 saturated heterocycles. The fourth-order valence-electron chi connectivity index (χ4n) is 1.67. The van der Waals surface area contributed by atoms with Crippen molar-refractivity contribution in [2.45, 2.75) is 40.4 Å². The average molecular weight is 220 g/mol. The Kier molecular flexibility index (Phi) is 7.34. The summed E-state index contributed by atoms with van der Waals surface area (Å²) in [5.74, 6) is 0.586. The molecule has 0 aromatic heterocycles. The van der Waals surface area contributed by atoms with Gasteiger partial charge in [-0.25, -0.2) is 0 Å². The zero-order valence-corrected chi connectivity index (χ0v) is 10.0. The van der Waals surface area contributed by atoms with E-state index in [-0.39, 0.29) is 7.72 Å². The molecule has 4 heteroatoms. The lowest BCUT2D eigenvalue weighted by Gasteiger charge is -2.07.